The number of nitrogens with zero attached hydrogens (tertiary/aromatic N) is 2. The topological polar surface area (TPSA) is 25.2 Å². The fourth-order valence-corrected chi connectivity index (χ4v) is 3.40. The highest BCUT2D eigenvalue weighted by Crippen LogP contribution is 2.19. The van der Waals surface area contributed by atoms with Gasteiger partial charge in [-0.15, -0.1) is 0 Å². The Morgan fingerprint density at radius 1 is 1.04 bits per heavy atom. The number of aryl methyl sites for hydroxylation is 1. The summed E-state index contributed by atoms with van der Waals surface area (Å²) < 4.78 is 29.0. The number of likely N-dealkylation sites (N-methyl/N-ethyl adjacent to an activating group) is 1. The molecule has 0 bridgehead atoms. The second kappa shape index (κ2) is 8.48. The van der Waals surface area contributed by atoms with E-state index < -0.39 is 0 Å². The van der Waals surface area contributed by atoms with Gasteiger partial charge in [0.1, 0.15) is 11.6 Å². The molecule has 0 aliphatic rings. The van der Waals surface area contributed by atoms with E-state index in [1.807, 2.05) is 31.9 Å². The Labute approximate surface area is 164 Å². The Bertz CT molecular complexity index is 977. The van der Waals surface area contributed by atoms with Crippen LogP contribution in [0.4, 0.5) is 8.78 Å². The number of halogens is 2. The lowest BCUT2D eigenvalue weighted by Crippen LogP contribution is -2.26. The van der Waals surface area contributed by atoms with Crippen LogP contribution in [0.3, 0.4) is 0 Å². The minimum Gasteiger partial charge on any atom is -0.344 e. The quantitative estimate of drug-likeness (QED) is 0.551. The second-order valence-corrected chi connectivity index (χ2v) is 7.18. The van der Waals surface area contributed by atoms with Crippen LogP contribution in [-0.2, 0) is 13.1 Å². The summed E-state index contributed by atoms with van der Waals surface area (Å²) in [6.45, 7) is 5.02. The van der Waals surface area contributed by atoms with Gasteiger partial charge in [0.25, 0.3) is 0 Å². The van der Waals surface area contributed by atoms with Gasteiger partial charge < -0.3 is 4.57 Å². The maximum atomic E-state index is 13.8. The molecule has 28 heavy (non-hydrogen) atoms. The van der Waals surface area contributed by atoms with Crippen LogP contribution in [0.2, 0.25) is 0 Å². The molecule has 0 fully saturated rings. The zero-order valence-corrected chi connectivity index (χ0v) is 16.4. The van der Waals surface area contributed by atoms with Crippen molar-refractivity contribution in [1.29, 1.82) is 0 Å². The van der Waals surface area contributed by atoms with Crippen molar-refractivity contribution in [2.75, 3.05) is 13.6 Å². The van der Waals surface area contributed by atoms with E-state index in [0.717, 1.165) is 17.0 Å². The number of hydrogen-bond donors (Lipinski definition) is 0. The molecule has 5 heteroatoms. The van der Waals surface area contributed by atoms with Gasteiger partial charge in [-0.25, -0.2) is 8.78 Å². The predicted octanol–water partition coefficient (Wildman–Crippen LogP) is 4.75. The summed E-state index contributed by atoms with van der Waals surface area (Å²) in [4.78, 5) is 14.6. The van der Waals surface area contributed by atoms with Crippen molar-refractivity contribution in [3.05, 3.63) is 94.3 Å². The highest BCUT2D eigenvalue weighted by Gasteiger charge is 2.18. The van der Waals surface area contributed by atoms with Crippen LogP contribution in [0.5, 0.6) is 0 Å². The van der Waals surface area contributed by atoms with Crippen molar-refractivity contribution >= 4 is 5.78 Å². The van der Waals surface area contributed by atoms with Gasteiger partial charge in [-0.05, 0) is 50.7 Å². The van der Waals surface area contributed by atoms with Crippen molar-refractivity contribution < 1.29 is 13.6 Å². The first-order valence-electron chi connectivity index (χ1n) is 9.21. The number of aromatic nitrogens is 1. The Hall–Kier alpha value is -2.79. The van der Waals surface area contributed by atoms with E-state index in [4.69, 9.17) is 0 Å². The fourth-order valence-electron chi connectivity index (χ4n) is 3.40. The Kier molecular flexibility index (Phi) is 6.05. The molecular weight excluding hydrogens is 358 g/mol. The SMILES string of the molecule is Cc1cc(C(=O)CN(C)Cc2ccccc2F)c(C)n1Cc1ccc(F)cc1. The molecule has 0 spiro atoms. The van der Waals surface area contributed by atoms with Crippen molar-refractivity contribution in [3.8, 4) is 0 Å². The van der Waals surface area contributed by atoms with Gasteiger partial charge in [-0.2, -0.15) is 0 Å². The molecule has 0 atom stereocenters. The average molecular weight is 382 g/mol. The van der Waals surface area contributed by atoms with Crippen molar-refractivity contribution in [2.45, 2.75) is 26.9 Å². The monoisotopic (exact) mass is 382 g/mol. The Balaban J connectivity index is 1.71. The number of benzene rings is 2. The number of Topliss-reactive ketones (excluding diaryl/α,β-unsaturated/α-hetero) is 1. The zero-order chi connectivity index (χ0) is 20.3. The molecule has 2 aromatic carbocycles. The van der Waals surface area contributed by atoms with Crippen LogP contribution < -0.4 is 0 Å². The van der Waals surface area contributed by atoms with Crippen LogP contribution in [0.15, 0.2) is 54.6 Å². The maximum absolute atomic E-state index is 13.8. The number of rotatable bonds is 7. The van der Waals surface area contributed by atoms with E-state index in [2.05, 4.69) is 4.57 Å². The van der Waals surface area contributed by atoms with Gasteiger partial charge in [0.15, 0.2) is 5.78 Å². The number of carbonyl (C=O) groups is 1. The molecule has 0 N–H and O–H groups in total. The zero-order valence-electron chi connectivity index (χ0n) is 16.4. The molecule has 0 unspecified atom stereocenters. The van der Waals surface area contributed by atoms with E-state index in [0.29, 0.717) is 24.2 Å². The molecule has 3 aromatic rings. The van der Waals surface area contributed by atoms with Gasteiger partial charge in [0.05, 0.1) is 6.54 Å². The molecule has 3 rings (SSSR count). The molecule has 0 aliphatic carbocycles. The molecule has 3 nitrogen and oxygen atoms in total. The smallest absolute Gasteiger partial charge is 0.178 e. The predicted molar refractivity (Wildman–Crippen MR) is 106 cm³/mol. The number of carbonyl (C=O) groups excluding carboxylic acids is 1. The molecule has 0 amide bonds. The number of ketones is 1. The van der Waals surface area contributed by atoms with Crippen molar-refractivity contribution in [1.82, 2.24) is 9.47 Å². The second-order valence-electron chi connectivity index (χ2n) is 7.18. The lowest BCUT2D eigenvalue weighted by Gasteiger charge is -2.16. The summed E-state index contributed by atoms with van der Waals surface area (Å²) in [5, 5.41) is 0. The van der Waals surface area contributed by atoms with Gasteiger partial charge in [-0.1, -0.05) is 30.3 Å². The normalized spacial score (nSPS) is 11.2. The first-order valence-corrected chi connectivity index (χ1v) is 9.21. The standard InChI is InChI=1S/C23H24F2N2O/c1-16-12-21(17(2)27(16)13-18-8-10-20(24)11-9-18)23(28)15-26(3)14-19-6-4-5-7-22(19)25/h4-12H,13-15H2,1-3H3. The van der Waals surface area contributed by atoms with E-state index in [9.17, 15) is 13.6 Å². The molecule has 0 radical (unpaired) electrons. The lowest BCUT2D eigenvalue weighted by atomic mass is 10.1. The molecule has 1 aromatic heterocycles. The molecule has 1 heterocycles. The summed E-state index contributed by atoms with van der Waals surface area (Å²) in [6.07, 6.45) is 0. The number of hydrogen-bond acceptors (Lipinski definition) is 2. The first-order chi connectivity index (χ1) is 13.3. The van der Waals surface area contributed by atoms with Crippen LogP contribution >= 0.6 is 0 Å². The van der Waals surface area contributed by atoms with E-state index in [1.165, 1.54) is 18.2 Å². The van der Waals surface area contributed by atoms with Gasteiger partial charge in [0.2, 0.25) is 0 Å². The molecular formula is C23H24F2N2O. The van der Waals surface area contributed by atoms with Gasteiger partial charge in [-0.3, -0.25) is 9.69 Å². The van der Waals surface area contributed by atoms with E-state index >= 15 is 0 Å². The lowest BCUT2D eigenvalue weighted by molar-refractivity contribution is 0.0941. The third-order valence-corrected chi connectivity index (χ3v) is 4.94. The average Bonchev–Trinajstić information content (AvgIpc) is 2.93. The molecule has 146 valence electrons. The van der Waals surface area contributed by atoms with Crippen molar-refractivity contribution in [3.63, 3.8) is 0 Å². The third-order valence-electron chi connectivity index (χ3n) is 4.94. The summed E-state index contributed by atoms with van der Waals surface area (Å²) in [5.41, 5.74) is 4.06. The van der Waals surface area contributed by atoms with Crippen LogP contribution in [0, 0.1) is 25.5 Å². The van der Waals surface area contributed by atoms with Gasteiger partial charge >= 0.3 is 0 Å². The molecule has 0 saturated carbocycles. The Morgan fingerprint density at radius 3 is 2.39 bits per heavy atom. The maximum Gasteiger partial charge on any atom is 0.178 e. The van der Waals surface area contributed by atoms with Crippen LogP contribution in [-0.4, -0.2) is 28.8 Å². The summed E-state index contributed by atoms with van der Waals surface area (Å²) in [6, 6.07) is 14.9. The molecule has 0 aliphatic heterocycles. The minimum absolute atomic E-state index is 0.00250. The van der Waals surface area contributed by atoms with E-state index in [-0.39, 0.29) is 24.0 Å². The highest BCUT2D eigenvalue weighted by molar-refractivity contribution is 5.99. The third kappa shape index (κ3) is 4.54. The first kappa shape index (κ1) is 20.0. The minimum atomic E-state index is -0.265. The fraction of sp³-hybridized carbons (Fsp3) is 0.261. The van der Waals surface area contributed by atoms with E-state index in [1.54, 1.807) is 30.3 Å². The van der Waals surface area contributed by atoms with Crippen molar-refractivity contribution in [2.24, 2.45) is 0 Å². The molecule has 0 saturated heterocycles. The summed E-state index contributed by atoms with van der Waals surface area (Å²) in [5.74, 6) is -0.532. The summed E-state index contributed by atoms with van der Waals surface area (Å²) >= 11 is 0. The van der Waals surface area contributed by atoms with Crippen LogP contribution in [0.25, 0.3) is 0 Å². The van der Waals surface area contributed by atoms with Crippen LogP contribution in [0.1, 0.15) is 32.9 Å². The highest BCUT2D eigenvalue weighted by atomic mass is 19.1. The summed E-state index contributed by atoms with van der Waals surface area (Å²) in [7, 11) is 1.81. The Morgan fingerprint density at radius 2 is 1.71 bits per heavy atom. The van der Waals surface area contributed by atoms with Gasteiger partial charge in [0, 0.05) is 35.6 Å². The largest absolute Gasteiger partial charge is 0.344 e.